The SMILES string of the molecule is CC1=CC[C@H]2C(=O)N(c3ccc(C(=O)Nc4ccc(C)c(Cl)c4)cc3)C(=O)[C@@H]2C1. The highest BCUT2D eigenvalue weighted by Gasteiger charge is 2.48. The number of hydrogen-bond donors (Lipinski definition) is 1. The first kappa shape index (κ1) is 19.4. The molecule has 0 bridgehead atoms. The number of amides is 3. The van der Waals surface area contributed by atoms with E-state index in [1.165, 1.54) is 4.90 Å². The number of aryl methyl sites for hydroxylation is 1. The van der Waals surface area contributed by atoms with Gasteiger partial charge in [0.2, 0.25) is 11.8 Å². The fourth-order valence-electron chi connectivity index (χ4n) is 3.93. The number of nitrogens with zero attached hydrogens (tertiary/aromatic N) is 1. The third kappa shape index (κ3) is 3.58. The minimum atomic E-state index is -0.288. The van der Waals surface area contributed by atoms with Crippen molar-refractivity contribution in [3.63, 3.8) is 0 Å². The van der Waals surface area contributed by atoms with Crippen LogP contribution in [0.4, 0.5) is 11.4 Å². The summed E-state index contributed by atoms with van der Waals surface area (Å²) in [5, 5.41) is 3.38. The summed E-state index contributed by atoms with van der Waals surface area (Å²) in [6, 6.07) is 11.8. The van der Waals surface area contributed by atoms with Crippen molar-refractivity contribution in [2.45, 2.75) is 26.7 Å². The minimum absolute atomic E-state index is 0.154. The lowest BCUT2D eigenvalue weighted by Gasteiger charge is -2.18. The van der Waals surface area contributed by atoms with E-state index in [9.17, 15) is 14.4 Å². The molecule has 2 atom stereocenters. The van der Waals surface area contributed by atoms with Gasteiger partial charge in [0, 0.05) is 16.3 Å². The number of hydrogen-bond acceptors (Lipinski definition) is 3. The van der Waals surface area contributed by atoms with E-state index in [0.717, 1.165) is 11.1 Å². The lowest BCUT2D eigenvalue weighted by Crippen LogP contribution is -2.30. The van der Waals surface area contributed by atoms with Gasteiger partial charge in [-0.25, -0.2) is 0 Å². The van der Waals surface area contributed by atoms with Gasteiger partial charge in [-0.15, -0.1) is 0 Å². The molecule has 0 unspecified atom stereocenters. The first-order valence-electron chi connectivity index (χ1n) is 9.56. The van der Waals surface area contributed by atoms with Gasteiger partial charge in [0.05, 0.1) is 17.5 Å². The summed E-state index contributed by atoms with van der Waals surface area (Å²) in [6.07, 6.45) is 3.28. The normalized spacial score (nSPS) is 21.1. The number of carbonyl (C=O) groups is 3. The van der Waals surface area contributed by atoms with Gasteiger partial charge in [0.1, 0.15) is 0 Å². The Kier molecular flexibility index (Phi) is 5.01. The van der Waals surface area contributed by atoms with E-state index in [2.05, 4.69) is 5.32 Å². The van der Waals surface area contributed by atoms with Crippen LogP contribution >= 0.6 is 11.6 Å². The van der Waals surface area contributed by atoms with E-state index in [1.54, 1.807) is 36.4 Å². The molecule has 1 saturated heterocycles. The van der Waals surface area contributed by atoms with Crippen LogP contribution in [-0.4, -0.2) is 17.7 Å². The van der Waals surface area contributed by atoms with Crippen LogP contribution in [0.3, 0.4) is 0 Å². The molecular weight excluding hydrogens is 388 g/mol. The monoisotopic (exact) mass is 408 g/mol. The van der Waals surface area contributed by atoms with Crippen molar-refractivity contribution in [1.82, 2.24) is 0 Å². The van der Waals surface area contributed by atoms with Crippen LogP contribution in [0.15, 0.2) is 54.1 Å². The zero-order valence-corrected chi connectivity index (χ0v) is 17.0. The summed E-state index contributed by atoms with van der Waals surface area (Å²) in [7, 11) is 0. The van der Waals surface area contributed by atoms with E-state index >= 15 is 0 Å². The molecule has 1 aliphatic heterocycles. The maximum absolute atomic E-state index is 12.8. The van der Waals surface area contributed by atoms with E-state index < -0.39 is 0 Å². The third-order valence-corrected chi connectivity index (χ3v) is 6.05. The Morgan fingerprint density at radius 3 is 2.41 bits per heavy atom. The zero-order chi connectivity index (χ0) is 20.7. The summed E-state index contributed by atoms with van der Waals surface area (Å²) in [5.74, 6) is -1.15. The highest BCUT2D eigenvalue weighted by Crippen LogP contribution is 2.39. The molecule has 2 aromatic rings. The Hall–Kier alpha value is -2.92. The number of fused-ring (bicyclic) bond motifs is 1. The number of imide groups is 1. The fourth-order valence-corrected chi connectivity index (χ4v) is 4.11. The molecule has 29 heavy (non-hydrogen) atoms. The van der Waals surface area contributed by atoms with E-state index in [0.29, 0.717) is 34.8 Å². The average Bonchev–Trinajstić information content (AvgIpc) is 2.94. The number of anilines is 2. The number of allylic oxidation sites excluding steroid dienone is 2. The average molecular weight is 409 g/mol. The quantitative estimate of drug-likeness (QED) is 0.588. The molecule has 6 heteroatoms. The van der Waals surface area contributed by atoms with Crippen molar-refractivity contribution < 1.29 is 14.4 Å². The lowest BCUT2D eigenvalue weighted by molar-refractivity contribution is -0.122. The first-order valence-corrected chi connectivity index (χ1v) is 9.94. The van der Waals surface area contributed by atoms with Crippen LogP contribution in [0.1, 0.15) is 35.7 Å². The Labute approximate surface area is 174 Å². The zero-order valence-electron chi connectivity index (χ0n) is 16.2. The van der Waals surface area contributed by atoms with Gasteiger partial charge < -0.3 is 5.32 Å². The summed E-state index contributed by atoms with van der Waals surface area (Å²) in [6.45, 7) is 3.88. The van der Waals surface area contributed by atoms with Crippen LogP contribution in [0.2, 0.25) is 5.02 Å². The predicted octanol–water partition coefficient (Wildman–Crippen LogP) is 4.75. The smallest absolute Gasteiger partial charge is 0.255 e. The fraction of sp³-hybridized carbons (Fsp3) is 0.261. The van der Waals surface area contributed by atoms with Crippen LogP contribution in [0, 0.1) is 18.8 Å². The molecule has 0 saturated carbocycles. The maximum atomic E-state index is 12.8. The van der Waals surface area contributed by atoms with Gasteiger partial charge in [0.15, 0.2) is 0 Å². The van der Waals surface area contributed by atoms with Crippen molar-refractivity contribution in [3.05, 3.63) is 70.3 Å². The largest absolute Gasteiger partial charge is 0.322 e. The highest BCUT2D eigenvalue weighted by molar-refractivity contribution is 6.31. The Balaban J connectivity index is 1.50. The molecule has 3 amide bonds. The van der Waals surface area contributed by atoms with Crippen molar-refractivity contribution in [3.8, 4) is 0 Å². The molecule has 0 aromatic heterocycles. The van der Waals surface area contributed by atoms with Crippen LogP contribution < -0.4 is 10.2 Å². The van der Waals surface area contributed by atoms with Crippen LogP contribution in [-0.2, 0) is 9.59 Å². The molecule has 1 heterocycles. The first-order chi connectivity index (χ1) is 13.8. The molecule has 1 fully saturated rings. The van der Waals surface area contributed by atoms with Crippen molar-refractivity contribution in [2.75, 3.05) is 10.2 Å². The van der Waals surface area contributed by atoms with Gasteiger partial charge >= 0.3 is 0 Å². The molecular formula is C23H21ClN2O3. The van der Waals surface area contributed by atoms with E-state index in [1.807, 2.05) is 26.0 Å². The van der Waals surface area contributed by atoms with Crippen molar-refractivity contribution in [1.29, 1.82) is 0 Å². The van der Waals surface area contributed by atoms with Crippen molar-refractivity contribution in [2.24, 2.45) is 11.8 Å². The minimum Gasteiger partial charge on any atom is -0.322 e. The highest BCUT2D eigenvalue weighted by atomic mass is 35.5. The predicted molar refractivity (Wildman–Crippen MR) is 113 cm³/mol. The summed E-state index contributed by atoms with van der Waals surface area (Å²) < 4.78 is 0. The second-order valence-electron chi connectivity index (χ2n) is 7.68. The number of benzene rings is 2. The second-order valence-corrected chi connectivity index (χ2v) is 8.09. The van der Waals surface area contributed by atoms with Crippen LogP contribution in [0.5, 0.6) is 0 Å². The van der Waals surface area contributed by atoms with Gasteiger partial charge in [0.25, 0.3) is 5.91 Å². The summed E-state index contributed by atoms with van der Waals surface area (Å²) in [5.41, 5.74) is 3.62. The molecule has 148 valence electrons. The molecule has 1 aliphatic carbocycles. The van der Waals surface area contributed by atoms with Gasteiger partial charge in [-0.2, -0.15) is 0 Å². The second kappa shape index (κ2) is 7.48. The molecule has 5 nitrogen and oxygen atoms in total. The summed E-state index contributed by atoms with van der Waals surface area (Å²) >= 11 is 6.10. The van der Waals surface area contributed by atoms with E-state index in [4.69, 9.17) is 11.6 Å². The Morgan fingerprint density at radius 2 is 1.72 bits per heavy atom. The number of halogens is 1. The van der Waals surface area contributed by atoms with Crippen molar-refractivity contribution >= 4 is 40.7 Å². The molecule has 2 aromatic carbocycles. The van der Waals surface area contributed by atoms with Crippen LogP contribution in [0.25, 0.3) is 0 Å². The maximum Gasteiger partial charge on any atom is 0.255 e. The van der Waals surface area contributed by atoms with E-state index in [-0.39, 0.29) is 29.6 Å². The number of rotatable bonds is 3. The topological polar surface area (TPSA) is 66.5 Å². The number of nitrogens with one attached hydrogen (secondary N) is 1. The molecule has 0 radical (unpaired) electrons. The Morgan fingerprint density at radius 1 is 1.03 bits per heavy atom. The third-order valence-electron chi connectivity index (χ3n) is 5.64. The molecule has 4 rings (SSSR count). The Bertz CT molecular complexity index is 1040. The standard InChI is InChI=1S/C23H21ClN2O3/c1-13-3-10-18-19(11-13)23(29)26(22(18)28)17-8-5-15(6-9-17)21(27)25-16-7-4-14(2)20(24)12-16/h3-9,12,18-19H,10-11H2,1-2H3,(H,25,27)/t18-,19-/m1/s1. The van der Waals surface area contributed by atoms with Gasteiger partial charge in [-0.1, -0.05) is 29.3 Å². The summed E-state index contributed by atoms with van der Waals surface area (Å²) in [4.78, 5) is 39.3. The molecule has 1 N–H and O–H groups in total. The molecule has 2 aliphatic rings. The lowest BCUT2D eigenvalue weighted by atomic mass is 9.82. The molecule has 0 spiro atoms. The van der Waals surface area contributed by atoms with Gasteiger partial charge in [-0.05, 0) is 68.7 Å². The van der Waals surface area contributed by atoms with Gasteiger partial charge in [-0.3, -0.25) is 19.3 Å². The number of carbonyl (C=O) groups excluding carboxylic acids is 3.